The molecular weight excluding hydrogens is 312 g/mol. The maximum Gasteiger partial charge on any atom is 0.350 e. The van der Waals surface area contributed by atoms with E-state index in [4.69, 9.17) is 9.47 Å². The second-order valence-corrected chi connectivity index (χ2v) is 5.71. The number of anilines is 1. The fourth-order valence-electron chi connectivity index (χ4n) is 2.18. The first-order valence-electron chi connectivity index (χ1n) is 7.54. The van der Waals surface area contributed by atoms with E-state index in [-0.39, 0.29) is 11.5 Å². The molecule has 1 saturated heterocycles. The normalized spacial score (nSPS) is 16.0. The van der Waals surface area contributed by atoms with Gasteiger partial charge >= 0.3 is 11.9 Å². The molecule has 0 spiro atoms. The second-order valence-electron chi connectivity index (χ2n) is 5.71. The highest BCUT2D eigenvalue weighted by Gasteiger charge is 2.38. The minimum atomic E-state index is -1.27. The minimum absolute atomic E-state index is 0.0650. The molecule has 1 aromatic rings. The Morgan fingerprint density at radius 3 is 2.42 bits per heavy atom. The maximum atomic E-state index is 11.9. The van der Waals surface area contributed by atoms with Crippen molar-refractivity contribution in [3.63, 3.8) is 0 Å². The van der Waals surface area contributed by atoms with Gasteiger partial charge in [0.15, 0.2) is 5.57 Å². The number of esters is 2. The third-order valence-electron chi connectivity index (χ3n) is 3.41. The summed E-state index contributed by atoms with van der Waals surface area (Å²) in [5.41, 5.74) is 1.37. The lowest BCUT2D eigenvalue weighted by Crippen LogP contribution is -2.42. The molecule has 1 aromatic carbocycles. The number of amides is 1. The molecule has 1 fully saturated rings. The molecule has 1 aliphatic heterocycles. The second kappa shape index (κ2) is 7.16. The van der Waals surface area contributed by atoms with E-state index in [1.54, 1.807) is 13.1 Å². The largest absolute Gasteiger partial charge is 0.419 e. The molecule has 0 aliphatic carbocycles. The van der Waals surface area contributed by atoms with Gasteiger partial charge < -0.3 is 20.1 Å². The number of carbonyl (C=O) groups is 3. The Balaban J connectivity index is 2.12. The van der Waals surface area contributed by atoms with Gasteiger partial charge in [-0.3, -0.25) is 4.79 Å². The molecule has 1 amide bonds. The van der Waals surface area contributed by atoms with Crippen molar-refractivity contribution in [2.24, 2.45) is 0 Å². The predicted octanol–water partition coefficient (Wildman–Crippen LogP) is 1.50. The molecule has 0 atom stereocenters. The third kappa shape index (κ3) is 4.34. The van der Waals surface area contributed by atoms with Gasteiger partial charge in [0, 0.05) is 39.2 Å². The first-order chi connectivity index (χ1) is 11.3. The zero-order chi connectivity index (χ0) is 17.7. The summed E-state index contributed by atoms with van der Waals surface area (Å²) in [5.74, 6) is -2.82. The molecule has 0 saturated carbocycles. The van der Waals surface area contributed by atoms with Crippen molar-refractivity contribution < 1.29 is 23.9 Å². The van der Waals surface area contributed by atoms with Gasteiger partial charge in [-0.1, -0.05) is 18.2 Å². The molecule has 0 bridgehead atoms. The number of ether oxygens (including phenoxy) is 2. The van der Waals surface area contributed by atoms with Crippen molar-refractivity contribution in [3.05, 3.63) is 41.6 Å². The van der Waals surface area contributed by atoms with Crippen molar-refractivity contribution >= 4 is 23.5 Å². The molecule has 7 heteroatoms. The molecule has 0 radical (unpaired) electrons. The Kier molecular flexibility index (Phi) is 5.23. The Morgan fingerprint density at radius 2 is 1.79 bits per heavy atom. The van der Waals surface area contributed by atoms with Crippen molar-refractivity contribution in [2.45, 2.75) is 32.5 Å². The van der Waals surface area contributed by atoms with E-state index in [2.05, 4.69) is 10.6 Å². The van der Waals surface area contributed by atoms with E-state index < -0.39 is 17.7 Å². The van der Waals surface area contributed by atoms with Crippen LogP contribution in [0.2, 0.25) is 0 Å². The predicted molar refractivity (Wildman–Crippen MR) is 86.8 cm³/mol. The SMILES string of the molecule is CNC(=O)CCc1ccccc1NC=C1C(=O)OC(C)(C)OC1=O. The van der Waals surface area contributed by atoms with Gasteiger partial charge in [-0.05, 0) is 18.1 Å². The first kappa shape index (κ1) is 17.5. The topological polar surface area (TPSA) is 93.7 Å². The van der Waals surface area contributed by atoms with Gasteiger partial charge in [0.1, 0.15) is 0 Å². The number of benzene rings is 1. The smallest absolute Gasteiger partial charge is 0.350 e. The third-order valence-corrected chi connectivity index (χ3v) is 3.41. The van der Waals surface area contributed by atoms with Crippen LogP contribution in [0.25, 0.3) is 0 Å². The van der Waals surface area contributed by atoms with Gasteiger partial charge in [-0.2, -0.15) is 0 Å². The van der Waals surface area contributed by atoms with Crippen LogP contribution in [0, 0.1) is 0 Å². The zero-order valence-electron chi connectivity index (χ0n) is 13.8. The average Bonchev–Trinajstić information content (AvgIpc) is 2.51. The monoisotopic (exact) mass is 332 g/mol. The molecule has 0 unspecified atom stereocenters. The molecule has 2 N–H and O–H groups in total. The molecular formula is C17H20N2O5. The number of hydrogen-bond donors (Lipinski definition) is 2. The van der Waals surface area contributed by atoms with Gasteiger partial charge in [-0.15, -0.1) is 0 Å². The van der Waals surface area contributed by atoms with Crippen LogP contribution in [0.3, 0.4) is 0 Å². The van der Waals surface area contributed by atoms with E-state index in [0.29, 0.717) is 18.5 Å². The fourth-order valence-corrected chi connectivity index (χ4v) is 2.18. The maximum absolute atomic E-state index is 11.9. The van der Waals surface area contributed by atoms with Gasteiger partial charge in [0.2, 0.25) is 5.91 Å². The van der Waals surface area contributed by atoms with Crippen LogP contribution in [0.5, 0.6) is 0 Å². The number of rotatable bonds is 5. The summed E-state index contributed by atoms with van der Waals surface area (Å²) in [6.45, 7) is 2.97. The van der Waals surface area contributed by atoms with Crippen LogP contribution in [-0.2, 0) is 30.3 Å². The molecule has 7 nitrogen and oxygen atoms in total. The van der Waals surface area contributed by atoms with E-state index in [1.807, 2.05) is 18.2 Å². The number of carbonyl (C=O) groups excluding carboxylic acids is 3. The first-order valence-corrected chi connectivity index (χ1v) is 7.54. The highest BCUT2D eigenvalue weighted by Crippen LogP contribution is 2.23. The highest BCUT2D eigenvalue weighted by molar-refractivity contribution is 6.15. The molecule has 128 valence electrons. The summed E-state index contributed by atoms with van der Waals surface area (Å²) < 4.78 is 10.1. The minimum Gasteiger partial charge on any atom is -0.419 e. The van der Waals surface area contributed by atoms with Crippen molar-refractivity contribution in [1.82, 2.24) is 5.32 Å². The van der Waals surface area contributed by atoms with Crippen molar-refractivity contribution in [1.29, 1.82) is 0 Å². The van der Waals surface area contributed by atoms with Crippen LogP contribution in [-0.4, -0.2) is 30.7 Å². The summed E-state index contributed by atoms with van der Waals surface area (Å²) in [7, 11) is 1.58. The van der Waals surface area contributed by atoms with Crippen LogP contribution in [0.15, 0.2) is 36.0 Å². The van der Waals surface area contributed by atoms with Crippen LogP contribution in [0.1, 0.15) is 25.8 Å². The van der Waals surface area contributed by atoms with Gasteiger partial charge in [0.25, 0.3) is 5.79 Å². The number of nitrogens with one attached hydrogen (secondary N) is 2. The Morgan fingerprint density at radius 1 is 1.17 bits per heavy atom. The van der Waals surface area contributed by atoms with Crippen molar-refractivity contribution in [2.75, 3.05) is 12.4 Å². The van der Waals surface area contributed by atoms with Gasteiger partial charge in [0.05, 0.1) is 0 Å². The standard InChI is InChI=1S/C17H20N2O5/c1-17(2)23-15(21)12(16(22)24-17)10-19-13-7-5-4-6-11(13)8-9-14(20)18-3/h4-7,10,19H,8-9H2,1-3H3,(H,18,20). The van der Waals surface area contributed by atoms with E-state index in [9.17, 15) is 14.4 Å². The summed E-state index contributed by atoms with van der Waals surface area (Å²) in [6.07, 6.45) is 2.12. The number of cyclic esters (lactones) is 2. The van der Waals surface area contributed by atoms with Crippen LogP contribution in [0.4, 0.5) is 5.69 Å². The molecule has 0 aromatic heterocycles. The summed E-state index contributed by atoms with van der Waals surface area (Å²) in [6, 6.07) is 7.32. The highest BCUT2D eigenvalue weighted by atomic mass is 16.7. The summed E-state index contributed by atoms with van der Waals surface area (Å²) in [5, 5.41) is 5.48. The fraction of sp³-hybridized carbons (Fsp3) is 0.353. The summed E-state index contributed by atoms with van der Waals surface area (Å²) in [4.78, 5) is 35.2. The number of hydrogen-bond acceptors (Lipinski definition) is 6. The van der Waals surface area contributed by atoms with E-state index in [0.717, 1.165) is 5.56 Å². The quantitative estimate of drug-likeness (QED) is 0.482. The number of para-hydroxylation sites is 1. The molecule has 1 aliphatic rings. The van der Waals surface area contributed by atoms with Crippen LogP contribution < -0.4 is 10.6 Å². The van der Waals surface area contributed by atoms with Gasteiger partial charge in [-0.25, -0.2) is 9.59 Å². The zero-order valence-corrected chi connectivity index (χ0v) is 13.8. The van der Waals surface area contributed by atoms with E-state index in [1.165, 1.54) is 20.0 Å². The molecule has 2 rings (SSSR count). The van der Waals surface area contributed by atoms with Crippen LogP contribution >= 0.6 is 0 Å². The lowest BCUT2D eigenvalue weighted by atomic mass is 10.1. The Hall–Kier alpha value is -2.83. The Labute approximate surface area is 140 Å². The lowest BCUT2D eigenvalue weighted by Gasteiger charge is -2.29. The lowest BCUT2D eigenvalue weighted by molar-refractivity contribution is -0.222. The average molecular weight is 332 g/mol. The molecule has 1 heterocycles. The van der Waals surface area contributed by atoms with E-state index >= 15 is 0 Å². The number of aryl methyl sites for hydroxylation is 1. The Bertz CT molecular complexity index is 672. The molecule has 24 heavy (non-hydrogen) atoms. The summed E-state index contributed by atoms with van der Waals surface area (Å²) >= 11 is 0. The van der Waals surface area contributed by atoms with Crippen molar-refractivity contribution in [3.8, 4) is 0 Å².